The highest BCUT2D eigenvalue weighted by Crippen LogP contribution is 2.15. The number of aryl methyl sites for hydroxylation is 1. The molecule has 1 aromatic carbocycles. The number of amides is 1. The fourth-order valence-electron chi connectivity index (χ4n) is 1.70. The molecule has 1 amide bonds. The molecule has 1 rings (SSSR count). The number of ether oxygens (including phenoxy) is 1. The molecule has 6 heteroatoms. The van der Waals surface area contributed by atoms with Gasteiger partial charge in [-0.25, -0.2) is 8.42 Å². The zero-order valence-electron chi connectivity index (χ0n) is 12.0. The van der Waals surface area contributed by atoms with Crippen LogP contribution in [-0.2, 0) is 25.1 Å². The average molecular weight is 299 g/mol. The molecule has 20 heavy (non-hydrogen) atoms. The maximum Gasteiger partial charge on any atom is 0.238 e. The molecule has 1 unspecified atom stereocenters. The summed E-state index contributed by atoms with van der Waals surface area (Å²) in [6, 6.07) is 7.27. The van der Waals surface area contributed by atoms with Gasteiger partial charge in [-0.2, -0.15) is 0 Å². The second-order valence-electron chi connectivity index (χ2n) is 4.66. The Morgan fingerprint density at radius 3 is 2.60 bits per heavy atom. The molecule has 0 aromatic heterocycles. The Hall–Kier alpha value is -1.40. The largest absolute Gasteiger partial charge is 0.383 e. The van der Waals surface area contributed by atoms with Gasteiger partial charge < -0.3 is 10.1 Å². The van der Waals surface area contributed by atoms with Crippen molar-refractivity contribution >= 4 is 15.7 Å². The number of methoxy groups -OCH3 is 1. The van der Waals surface area contributed by atoms with Crippen LogP contribution >= 0.6 is 0 Å². The standard InChI is InChI=1S/C14H21NO4S/c1-11-6-4-5-7-13(11)10-20(17,18)12(2)14(16)15-8-9-19-3/h4-7,12H,8-10H2,1-3H3,(H,15,16). The van der Waals surface area contributed by atoms with E-state index in [1.165, 1.54) is 14.0 Å². The van der Waals surface area contributed by atoms with Crippen molar-refractivity contribution in [1.82, 2.24) is 5.32 Å². The van der Waals surface area contributed by atoms with Crippen molar-refractivity contribution in [3.05, 3.63) is 35.4 Å². The van der Waals surface area contributed by atoms with Crippen LogP contribution in [0.1, 0.15) is 18.1 Å². The lowest BCUT2D eigenvalue weighted by atomic mass is 10.1. The van der Waals surface area contributed by atoms with E-state index in [0.29, 0.717) is 13.2 Å². The molecule has 0 bridgehead atoms. The third kappa shape index (κ3) is 4.61. The molecule has 0 radical (unpaired) electrons. The van der Waals surface area contributed by atoms with Gasteiger partial charge in [-0.15, -0.1) is 0 Å². The lowest BCUT2D eigenvalue weighted by molar-refractivity contribution is -0.120. The lowest BCUT2D eigenvalue weighted by Gasteiger charge is -2.14. The van der Waals surface area contributed by atoms with Gasteiger partial charge in [0.25, 0.3) is 0 Å². The van der Waals surface area contributed by atoms with Crippen LogP contribution in [0.5, 0.6) is 0 Å². The van der Waals surface area contributed by atoms with Crippen molar-refractivity contribution in [2.24, 2.45) is 0 Å². The first-order valence-corrected chi connectivity index (χ1v) is 8.12. The molecule has 0 saturated carbocycles. The number of hydrogen-bond donors (Lipinski definition) is 1. The Balaban J connectivity index is 2.73. The zero-order valence-corrected chi connectivity index (χ0v) is 12.9. The lowest BCUT2D eigenvalue weighted by Crippen LogP contribution is -2.39. The molecular weight excluding hydrogens is 278 g/mol. The maximum atomic E-state index is 12.2. The fourth-order valence-corrected chi connectivity index (χ4v) is 3.11. The summed E-state index contributed by atoms with van der Waals surface area (Å²) >= 11 is 0. The van der Waals surface area contributed by atoms with E-state index in [1.54, 1.807) is 12.1 Å². The predicted molar refractivity (Wildman–Crippen MR) is 78.2 cm³/mol. The number of sulfone groups is 1. The van der Waals surface area contributed by atoms with Crippen molar-refractivity contribution < 1.29 is 17.9 Å². The highest BCUT2D eigenvalue weighted by Gasteiger charge is 2.28. The molecule has 0 spiro atoms. The highest BCUT2D eigenvalue weighted by atomic mass is 32.2. The van der Waals surface area contributed by atoms with Gasteiger partial charge >= 0.3 is 0 Å². The number of hydrogen-bond acceptors (Lipinski definition) is 4. The summed E-state index contributed by atoms with van der Waals surface area (Å²) in [4.78, 5) is 11.8. The van der Waals surface area contributed by atoms with Gasteiger partial charge in [-0.05, 0) is 25.0 Å². The molecular formula is C14H21NO4S. The Morgan fingerprint density at radius 2 is 2.00 bits per heavy atom. The number of carbonyl (C=O) groups excluding carboxylic acids is 1. The highest BCUT2D eigenvalue weighted by molar-refractivity contribution is 7.92. The summed E-state index contributed by atoms with van der Waals surface area (Å²) in [5.74, 6) is -0.617. The molecule has 1 aromatic rings. The van der Waals surface area contributed by atoms with E-state index in [0.717, 1.165) is 11.1 Å². The van der Waals surface area contributed by atoms with Crippen molar-refractivity contribution in [3.63, 3.8) is 0 Å². The second-order valence-corrected chi connectivity index (χ2v) is 6.98. The minimum atomic E-state index is -3.53. The van der Waals surface area contributed by atoms with Crippen LogP contribution in [0.25, 0.3) is 0 Å². The number of benzene rings is 1. The van der Waals surface area contributed by atoms with Gasteiger partial charge in [0.05, 0.1) is 12.4 Å². The Kier molecular flexibility index (Phi) is 6.16. The first-order valence-electron chi connectivity index (χ1n) is 6.41. The monoisotopic (exact) mass is 299 g/mol. The smallest absolute Gasteiger partial charge is 0.238 e. The van der Waals surface area contributed by atoms with Crippen molar-refractivity contribution in [3.8, 4) is 0 Å². The number of nitrogens with one attached hydrogen (secondary N) is 1. The summed E-state index contributed by atoms with van der Waals surface area (Å²) in [5.41, 5.74) is 1.63. The van der Waals surface area contributed by atoms with Crippen LogP contribution in [0, 0.1) is 6.92 Å². The Morgan fingerprint density at radius 1 is 1.35 bits per heavy atom. The minimum absolute atomic E-state index is 0.126. The van der Waals surface area contributed by atoms with Crippen molar-refractivity contribution in [2.45, 2.75) is 24.9 Å². The van der Waals surface area contributed by atoms with Gasteiger partial charge in [0.2, 0.25) is 5.91 Å². The van der Waals surface area contributed by atoms with E-state index < -0.39 is 21.0 Å². The van der Waals surface area contributed by atoms with E-state index in [2.05, 4.69) is 5.32 Å². The molecule has 0 fully saturated rings. The predicted octanol–water partition coefficient (Wildman–Crippen LogP) is 1.06. The molecule has 5 nitrogen and oxygen atoms in total. The summed E-state index contributed by atoms with van der Waals surface area (Å²) in [7, 11) is -2.01. The molecule has 1 atom stereocenters. The molecule has 0 heterocycles. The Labute approximate surface area is 120 Å². The second kappa shape index (κ2) is 7.40. The molecule has 0 saturated heterocycles. The molecule has 0 aliphatic carbocycles. The van der Waals surface area contributed by atoms with E-state index in [-0.39, 0.29) is 5.75 Å². The van der Waals surface area contributed by atoms with E-state index in [9.17, 15) is 13.2 Å². The number of carbonyl (C=O) groups is 1. The van der Waals surface area contributed by atoms with Crippen LogP contribution in [0.3, 0.4) is 0 Å². The van der Waals surface area contributed by atoms with Crippen molar-refractivity contribution in [1.29, 1.82) is 0 Å². The average Bonchev–Trinajstić information content (AvgIpc) is 2.40. The van der Waals surface area contributed by atoms with E-state index >= 15 is 0 Å². The summed E-state index contributed by atoms with van der Waals surface area (Å²) in [6.45, 7) is 3.93. The van der Waals surface area contributed by atoms with Crippen LogP contribution in [-0.4, -0.2) is 39.8 Å². The SMILES string of the molecule is COCCNC(=O)C(C)S(=O)(=O)Cc1ccccc1C. The Bertz CT molecular complexity index is 554. The number of rotatable bonds is 7. The van der Waals surface area contributed by atoms with Gasteiger partial charge in [0.15, 0.2) is 9.84 Å². The first kappa shape index (κ1) is 16.7. The molecule has 1 N–H and O–H groups in total. The minimum Gasteiger partial charge on any atom is -0.383 e. The van der Waals surface area contributed by atoms with Gasteiger partial charge in [-0.3, -0.25) is 4.79 Å². The third-order valence-corrected chi connectivity index (χ3v) is 5.14. The fraction of sp³-hybridized carbons (Fsp3) is 0.500. The van der Waals surface area contributed by atoms with Crippen LogP contribution in [0.15, 0.2) is 24.3 Å². The topological polar surface area (TPSA) is 72.5 Å². The first-order chi connectivity index (χ1) is 9.38. The normalized spacial score (nSPS) is 12.9. The third-order valence-electron chi connectivity index (χ3n) is 3.13. The van der Waals surface area contributed by atoms with Crippen molar-refractivity contribution in [2.75, 3.05) is 20.3 Å². The van der Waals surface area contributed by atoms with E-state index in [1.807, 2.05) is 19.1 Å². The van der Waals surface area contributed by atoms with Gasteiger partial charge in [0, 0.05) is 13.7 Å². The quantitative estimate of drug-likeness (QED) is 0.764. The maximum absolute atomic E-state index is 12.2. The summed E-state index contributed by atoms with van der Waals surface area (Å²) in [6.07, 6.45) is 0. The van der Waals surface area contributed by atoms with Gasteiger partial charge in [-0.1, -0.05) is 24.3 Å². The van der Waals surface area contributed by atoms with Crippen LogP contribution in [0.4, 0.5) is 0 Å². The molecule has 0 aliphatic heterocycles. The van der Waals surface area contributed by atoms with Crippen LogP contribution in [0.2, 0.25) is 0 Å². The van der Waals surface area contributed by atoms with Gasteiger partial charge in [0.1, 0.15) is 5.25 Å². The molecule has 112 valence electrons. The zero-order chi connectivity index (χ0) is 15.2. The van der Waals surface area contributed by atoms with E-state index in [4.69, 9.17) is 4.74 Å². The summed E-state index contributed by atoms with van der Waals surface area (Å²) < 4.78 is 29.3. The molecule has 0 aliphatic rings. The summed E-state index contributed by atoms with van der Waals surface area (Å²) in [5, 5.41) is 1.48. The van der Waals surface area contributed by atoms with Crippen LogP contribution < -0.4 is 5.32 Å².